The highest BCUT2D eigenvalue weighted by Gasteiger charge is 2.20. The van der Waals surface area contributed by atoms with Crippen molar-refractivity contribution in [1.29, 1.82) is 0 Å². The standard InChI is InChI=1S/C21H24N4O2/c1-27-18-7-3-2-6-16(18)15-24-12-9-17(10-13-24)22-19-14-21(26)25-11-5-4-8-20(25)23-19/h2-8,11,14,17,22H,9-10,12-13,15H2,1H3. The van der Waals surface area contributed by atoms with Crippen LogP contribution < -0.4 is 15.6 Å². The van der Waals surface area contributed by atoms with Crippen molar-refractivity contribution in [2.24, 2.45) is 0 Å². The molecule has 1 fully saturated rings. The lowest BCUT2D eigenvalue weighted by atomic mass is 10.0. The molecule has 1 aliphatic heterocycles. The van der Waals surface area contributed by atoms with Gasteiger partial charge in [0.1, 0.15) is 17.2 Å². The molecule has 3 aromatic rings. The van der Waals surface area contributed by atoms with Gasteiger partial charge in [0.15, 0.2) is 0 Å². The highest BCUT2D eigenvalue weighted by atomic mass is 16.5. The molecule has 0 amide bonds. The van der Waals surface area contributed by atoms with Gasteiger partial charge >= 0.3 is 0 Å². The summed E-state index contributed by atoms with van der Waals surface area (Å²) in [5, 5.41) is 3.44. The van der Waals surface area contributed by atoms with Crippen LogP contribution >= 0.6 is 0 Å². The Morgan fingerprint density at radius 2 is 1.93 bits per heavy atom. The number of fused-ring (bicyclic) bond motifs is 1. The van der Waals surface area contributed by atoms with Crippen molar-refractivity contribution in [3.05, 3.63) is 70.6 Å². The Balaban J connectivity index is 1.38. The minimum atomic E-state index is -0.0586. The molecule has 2 aromatic heterocycles. The topological polar surface area (TPSA) is 58.9 Å². The molecule has 0 spiro atoms. The summed E-state index contributed by atoms with van der Waals surface area (Å²) >= 11 is 0. The largest absolute Gasteiger partial charge is 0.496 e. The molecule has 4 rings (SSSR count). The molecule has 1 aliphatic rings. The van der Waals surface area contributed by atoms with E-state index in [2.05, 4.69) is 27.3 Å². The number of nitrogens with one attached hydrogen (secondary N) is 1. The first-order valence-electron chi connectivity index (χ1n) is 9.32. The van der Waals surface area contributed by atoms with E-state index in [-0.39, 0.29) is 5.56 Å². The van der Waals surface area contributed by atoms with Crippen LogP contribution in [0, 0.1) is 0 Å². The number of methoxy groups -OCH3 is 1. The first-order chi connectivity index (χ1) is 13.2. The van der Waals surface area contributed by atoms with E-state index in [1.54, 1.807) is 23.8 Å². The van der Waals surface area contributed by atoms with Crippen LogP contribution in [-0.2, 0) is 6.54 Å². The van der Waals surface area contributed by atoms with Crippen LogP contribution in [0.2, 0.25) is 0 Å². The average Bonchev–Trinajstić information content (AvgIpc) is 2.70. The van der Waals surface area contributed by atoms with Crippen LogP contribution in [0.5, 0.6) is 5.75 Å². The van der Waals surface area contributed by atoms with E-state index in [0.717, 1.165) is 38.2 Å². The van der Waals surface area contributed by atoms with E-state index in [1.807, 2.05) is 30.3 Å². The Bertz CT molecular complexity index is 977. The smallest absolute Gasteiger partial charge is 0.259 e. The van der Waals surface area contributed by atoms with Crippen molar-refractivity contribution in [3.63, 3.8) is 0 Å². The second-order valence-electron chi connectivity index (χ2n) is 6.92. The van der Waals surface area contributed by atoms with Gasteiger partial charge in [-0.3, -0.25) is 14.1 Å². The molecule has 0 aliphatic carbocycles. The van der Waals surface area contributed by atoms with Crippen LogP contribution in [0.1, 0.15) is 18.4 Å². The summed E-state index contributed by atoms with van der Waals surface area (Å²) in [6.45, 7) is 2.90. The minimum Gasteiger partial charge on any atom is -0.496 e. The summed E-state index contributed by atoms with van der Waals surface area (Å²) in [4.78, 5) is 19.2. The molecule has 6 nitrogen and oxygen atoms in total. The van der Waals surface area contributed by atoms with Crippen LogP contribution in [0.25, 0.3) is 5.65 Å². The van der Waals surface area contributed by atoms with E-state index < -0.39 is 0 Å². The number of para-hydroxylation sites is 1. The van der Waals surface area contributed by atoms with Gasteiger partial charge in [-0.2, -0.15) is 0 Å². The fraction of sp³-hybridized carbons (Fsp3) is 0.333. The van der Waals surface area contributed by atoms with E-state index in [9.17, 15) is 4.79 Å². The van der Waals surface area contributed by atoms with Gasteiger partial charge in [0.25, 0.3) is 5.56 Å². The molecule has 27 heavy (non-hydrogen) atoms. The fourth-order valence-electron chi connectivity index (χ4n) is 3.65. The lowest BCUT2D eigenvalue weighted by Crippen LogP contribution is -2.39. The number of hydrogen-bond donors (Lipinski definition) is 1. The SMILES string of the molecule is COc1ccccc1CN1CCC(Nc2cc(=O)n3ccccc3n2)CC1. The summed E-state index contributed by atoms with van der Waals surface area (Å²) in [6.07, 6.45) is 3.78. The molecule has 0 bridgehead atoms. The zero-order valence-electron chi connectivity index (χ0n) is 15.5. The quantitative estimate of drug-likeness (QED) is 0.754. The normalized spacial score (nSPS) is 15.7. The maximum atomic E-state index is 12.2. The van der Waals surface area contributed by atoms with Gasteiger partial charge in [-0.15, -0.1) is 0 Å². The number of benzene rings is 1. The Morgan fingerprint density at radius 3 is 2.74 bits per heavy atom. The summed E-state index contributed by atoms with van der Waals surface area (Å²) < 4.78 is 7.01. The average molecular weight is 364 g/mol. The number of ether oxygens (including phenoxy) is 1. The molecule has 1 aromatic carbocycles. The number of rotatable bonds is 5. The van der Waals surface area contributed by atoms with Crippen LogP contribution in [0.15, 0.2) is 59.5 Å². The second kappa shape index (κ2) is 7.80. The molecule has 1 saturated heterocycles. The minimum absolute atomic E-state index is 0.0586. The number of aromatic nitrogens is 2. The van der Waals surface area contributed by atoms with E-state index in [0.29, 0.717) is 17.5 Å². The fourth-order valence-corrected chi connectivity index (χ4v) is 3.65. The predicted molar refractivity (Wildman–Crippen MR) is 106 cm³/mol. The number of likely N-dealkylation sites (tertiary alicyclic amines) is 1. The van der Waals surface area contributed by atoms with Gasteiger partial charge in [-0.05, 0) is 31.0 Å². The Labute approximate surface area is 158 Å². The zero-order valence-corrected chi connectivity index (χ0v) is 15.5. The van der Waals surface area contributed by atoms with Crippen molar-refractivity contribution in [3.8, 4) is 5.75 Å². The first kappa shape index (κ1) is 17.5. The number of piperidine rings is 1. The van der Waals surface area contributed by atoms with E-state index >= 15 is 0 Å². The molecular weight excluding hydrogens is 340 g/mol. The number of nitrogens with zero attached hydrogens (tertiary/aromatic N) is 3. The molecule has 0 unspecified atom stereocenters. The molecule has 3 heterocycles. The van der Waals surface area contributed by atoms with Crippen molar-refractivity contribution in [2.75, 3.05) is 25.5 Å². The summed E-state index contributed by atoms with van der Waals surface area (Å²) in [7, 11) is 1.72. The maximum Gasteiger partial charge on any atom is 0.259 e. The summed E-state index contributed by atoms with van der Waals surface area (Å²) in [6, 6.07) is 15.7. The van der Waals surface area contributed by atoms with Gasteiger partial charge in [0.05, 0.1) is 7.11 Å². The Morgan fingerprint density at radius 1 is 1.15 bits per heavy atom. The number of pyridine rings is 1. The third-order valence-corrected chi connectivity index (χ3v) is 5.10. The molecule has 1 N–H and O–H groups in total. The Hall–Kier alpha value is -2.86. The molecular formula is C21H24N4O2. The molecule has 140 valence electrons. The van der Waals surface area contributed by atoms with E-state index in [1.165, 1.54) is 5.56 Å². The van der Waals surface area contributed by atoms with Gasteiger partial charge < -0.3 is 10.1 Å². The van der Waals surface area contributed by atoms with Gasteiger partial charge in [0.2, 0.25) is 0 Å². The molecule has 0 radical (unpaired) electrons. The van der Waals surface area contributed by atoms with Crippen LogP contribution in [-0.4, -0.2) is 40.5 Å². The third kappa shape index (κ3) is 3.95. The van der Waals surface area contributed by atoms with Gasteiger partial charge in [-0.25, -0.2) is 4.98 Å². The number of hydrogen-bond acceptors (Lipinski definition) is 5. The lowest BCUT2D eigenvalue weighted by molar-refractivity contribution is 0.209. The van der Waals surface area contributed by atoms with Crippen molar-refractivity contribution in [2.45, 2.75) is 25.4 Å². The summed E-state index contributed by atoms with van der Waals surface area (Å²) in [5.74, 6) is 1.60. The van der Waals surface area contributed by atoms with Gasteiger partial charge in [0, 0.05) is 43.5 Å². The third-order valence-electron chi connectivity index (χ3n) is 5.10. The summed E-state index contributed by atoms with van der Waals surface area (Å²) in [5.41, 5.74) is 1.83. The molecule has 0 saturated carbocycles. The Kier molecular flexibility index (Phi) is 5.07. The van der Waals surface area contributed by atoms with Crippen molar-refractivity contribution in [1.82, 2.24) is 14.3 Å². The molecule has 6 heteroatoms. The molecule has 0 atom stereocenters. The predicted octanol–water partition coefficient (Wildman–Crippen LogP) is 2.78. The lowest BCUT2D eigenvalue weighted by Gasteiger charge is -2.32. The number of anilines is 1. The highest BCUT2D eigenvalue weighted by molar-refractivity contribution is 5.46. The van der Waals surface area contributed by atoms with Crippen LogP contribution in [0.4, 0.5) is 5.82 Å². The highest BCUT2D eigenvalue weighted by Crippen LogP contribution is 2.22. The van der Waals surface area contributed by atoms with Crippen molar-refractivity contribution >= 4 is 11.5 Å². The maximum absolute atomic E-state index is 12.2. The zero-order chi connectivity index (χ0) is 18.6. The van der Waals surface area contributed by atoms with Crippen molar-refractivity contribution < 1.29 is 4.74 Å². The van der Waals surface area contributed by atoms with Gasteiger partial charge in [-0.1, -0.05) is 24.3 Å². The van der Waals surface area contributed by atoms with E-state index in [4.69, 9.17) is 4.74 Å². The monoisotopic (exact) mass is 364 g/mol. The first-order valence-corrected chi connectivity index (χ1v) is 9.32. The van der Waals surface area contributed by atoms with Crippen LogP contribution in [0.3, 0.4) is 0 Å². The second-order valence-corrected chi connectivity index (χ2v) is 6.92.